The van der Waals surface area contributed by atoms with Crippen LogP contribution in [0.5, 0.6) is 5.75 Å². The maximum atomic E-state index is 8.63. The van der Waals surface area contributed by atoms with Gasteiger partial charge in [-0.2, -0.15) is 0 Å². The molecular weight excluding hydrogens is 318 g/mol. The Morgan fingerprint density at radius 1 is 0.423 bits per heavy atom. The van der Waals surface area contributed by atoms with E-state index in [0.717, 1.165) is 5.69 Å². The molecule has 130 valence electrons. The van der Waals surface area contributed by atoms with Crippen molar-refractivity contribution < 1.29 is 5.11 Å². The van der Waals surface area contributed by atoms with Gasteiger partial charge in [0.2, 0.25) is 0 Å². The number of nitrogens with two attached hydrogens (primary N) is 1. The molecule has 0 spiro atoms. The lowest BCUT2D eigenvalue weighted by atomic mass is 10.1. The topological polar surface area (TPSA) is 46.2 Å². The predicted molar refractivity (Wildman–Crippen MR) is 111 cm³/mol. The first-order valence-corrected chi connectivity index (χ1v) is 8.41. The SMILES string of the molecule is Nc1ccccc1.Oc1ccccc1.c1ccc(-c2ccccc2)cc1. The van der Waals surface area contributed by atoms with E-state index in [1.54, 1.807) is 24.3 Å². The van der Waals surface area contributed by atoms with E-state index in [1.807, 2.05) is 48.5 Å². The average Bonchev–Trinajstić information content (AvgIpc) is 2.72. The molecule has 0 fully saturated rings. The smallest absolute Gasteiger partial charge is 0.115 e. The second-order valence-electron chi connectivity index (χ2n) is 5.48. The molecule has 0 unspecified atom stereocenters. The van der Waals surface area contributed by atoms with Gasteiger partial charge in [0.05, 0.1) is 0 Å². The largest absolute Gasteiger partial charge is 0.508 e. The van der Waals surface area contributed by atoms with E-state index in [1.165, 1.54) is 11.1 Å². The molecule has 3 N–H and O–H groups in total. The molecular formula is C24H23NO. The van der Waals surface area contributed by atoms with Gasteiger partial charge in [-0.15, -0.1) is 0 Å². The number of nitrogen functional groups attached to an aromatic ring is 1. The van der Waals surface area contributed by atoms with Gasteiger partial charge >= 0.3 is 0 Å². The normalized spacial score (nSPS) is 9.08. The molecule has 4 aromatic rings. The van der Waals surface area contributed by atoms with Crippen LogP contribution < -0.4 is 5.73 Å². The molecule has 26 heavy (non-hydrogen) atoms. The fourth-order valence-electron chi connectivity index (χ4n) is 2.14. The first kappa shape index (κ1) is 18.8. The van der Waals surface area contributed by atoms with Crippen LogP contribution in [0.25, 0.3) is 11.1 Å². The zero-order valence-electron chi connectivity index (χ0n) is 14.6. The Morgan fingerprint density at radius 2 is 0.731 bits per heavy atom. The Balaban J connectivity index is 0.000000150. The summed E-state index contributed by atoms with van der Waals surface area (Å²) in [6.07, 6.45) is 0. The molecule has 0 saturated carbocycles. The van der Waals surface area contributed by atoms with E-state index < -0.39 is 0 Å². The second-order valence-corrected chi connectivity index (χ2v) is 5.48. The summed E-state index contributed by atoms with van der Waals surface area (Å²) in [4.78, 5) is 0. The fraction of sp³-hybridized carbons (Fsp3) is 0. The summed E-state index contributed by atoms with van der Waals surface area (Å²) in [7, 11) is 0. The monoisotopic (exact) mass is 341 g/mol. The molecule has 2 heteroatoms. The number of rotatable bonds is 1. The summed E-state index contributed by atoms with van der Waals surface area (Å²) < 4.78 is 0. The van der Waals surface area contributed by atoms with Crippen LogP contribution in [-0.2, 0) is 0 Å². The lowest BCUT2D eigenvalue weighted by Gasteiger charge is -1.98. The first-order valence-electron chi connectivity index (χ1n) is 8.41. The highest BCUT2D eigenvalue weighted by Crippen LogP contribution is 2.17. The molecule has 0 aliphatic heterocycles. The Morgan fingerprint density at radius 3 is 0.962 bits per heavy atom. The molecule has 0 heterocycles. The lowest BCUT2D eigenvalue weighted by Crippen LogP contribution is -1.79. The molecule has 0 atom stereocenters. The maximum Gasteiger partial charge on any atom is 0.115 e. The number of phenols is 1. The Labute approximate surface area is 155 Å². The van der Waals surface area contributed by atoms with Crippen molar-refractivity contribution in [3.8, 4) is 16.9 Å². The third kappa shape index (κ3) is 7.37. The van der Waals surface area contributed by atoms with Crippen LogP contribution in [0.15, 0.2) is 121 Å². The van der Waals surface area contributed by atoms with Gasteiger partial charge in [0.25, 0.3) is 0 Å². The van der Waals surface area contributed by atoms with E-state index in [-0.39, 0.29) is 0 Å². The summed E-state index contributed by atoms with van der Waals surface area (Å²) in [5.74, 6) is 0.322. The number of benzene rings is 4. The van der Waals surface area contributed by atoms with Crippen LogP contribution in [0, 0.1) is 0 Å². The third-order valence-corrected chi connectivity index (χ3v) is 3.44. The molecule has 4 aromatic carbocycles. The van der Waals surface area contributed by atoms with Gasteiger partial charge in [-0.1, -0.05) is 97.1 Å². The Bertz CT molecular complexity index is 757. The highest BCUT2D eigenvalue weighted by Gasteiger charge is 1.91. The standard InChI is InChI=1S/C12H10.C6H7N.C6H6O/c1-3-7-11(8-4-1)12-9-5-2-6-10-12;2*7-6-4-2-1-3-5-6/h1-10H;1-5H,7H2;1-5,7H. The predicted octanol–water partition coefficient (Wildman–Crippen LogP) is 6.01. The summed E-state index contributed by atoms with van der Waals surface area (Å²) >= 11 is 0. The third-order valence-electron chi connectivity index (χ3n) is 3.44. The van der Waals surface area contributed by atoms with Crippen LogP contribution in [-0.4, -0.2) is 5.11 Å². The number of para-hydroxylation sites is 2. The number of phenolic OH excluding ortho intramolecular Hbond substituents is 1. The summed E-state index contributed by atoms with van der Waals surface area (Å²) in [6.45, 7) is 0. The number of hydrogen-bond donors (Lipinski definition) is 2. The molecule has 0 saturated heterocycles. The molecule has 2 nitrogen and oxygen atoms in total. The quantitative estimate of drug-likeness (QED) is 0.416. The minimum Gasteiger partial charge on any atom is -0.508 e. The van der Waals surface area contributed by atoms with Crippen molar-refractivity contribution in [3.05, 3.63) is 121 Å². The van der Waals surface area contributed by atoms with Crippen LogP contribution in [0.4, 0.5) is 5.69 Å². The summed E-state index contributed by atoms with van der Waals surface area (Å²) in [5, 5.41) is 8.63. The number of aromatic hydroxyl groups is 1. The number of anilines is 1. The van der Waals surface area contributed by atoms with Gasteiger partial charge in [-0.25, -0.2) is 0 Å². The first-order chi connectivity index (χ1) is 12.8. The minimum absolute atomic E-state index is 0.322. The summed E-state index contributed by atoms with van der Waals surface area (Å²) in [6, 6.07) is 39.0. The van der Waals surface area contributed by atoms with Crippen LogP contribution in [0.2, 0.25) is 0 Å². The van der Waals surface area contributed by atoms with Gasteiger partial charge < -0.3 is 10.8 Å². The van der Waals surface area contributed by atoms with Crippen molar-refractivity contribution in [3.63, 3.8) is 0 Å². The van der Waals surface area contributed by atoms with Crippen molar-refractivity contribution in [1.29, 1.82) is 0 Å². The molecule has 0 aliphatic carbocycles. The zero-order valence-corrected chi connectivity index (χ0v) is 14.6. The average molecular weight is 341 g/mol. The second kappa shape index (κ2) is 11.1. The number of hydrogen-bond acceptors (Lipinski definition) is 2. The zero-order chi connectivity index (χ0) is 18.5. The Hall–Kier alpha value is -3.52. The van der Waals surface area contributed by atoms with Gasteiger partial charge in [0.15, 0.2) is 0 Å². The van der Waals surface area contributed by atoms with Gasteiger partial charge in [0, 0.05) is 5.69 Å². The molecule has 0 bridgehead atoms. The van der Waals surface area contributed by atoms with E-state index in [2.05, 4.69) is 48.5 Å². The highest BCUT2D eigenvalue weighted by atomic mass is 16.3. The van der Waals surface area contributed by atoms with E-state index in [0.29, 0.717) is 5.75 Å². The summed E-state index contributed by atoms with van der Waals surface area (Å²) in [5.41, 5.74) is 8.73. The molecule has 0 amide bonds. The molecule has 0 aliphatic rings. The molecule has 0 radical (unpaired) electrons. The van der Waals surface area contributed by atoms with Crippen LogP contribution in [0.1, 0.15) is 0 Å². The Kier molecular flexibility index (Phi) is 8.04. The van der Waals surface area contributed by atoms with Gasteiger partial charge in [-0.05, 0) is 35.4 Å². The van der Waals surface area contributed by atoms with E-state index in [9.17, 15) is 0 Å². The fourth-order valence-corrected chi connectivity index (χ4v) is 2.14. The van der Waals surface area contributed by atoms with Gasteiger partial charge in [-0.3, -0.25) is 0 Å². The van der Waals surface area contributed by atoms with Crippen LogP contribution >= 0.6 is 0 Å². The van der Waals surface area contributed by atoms with E-state index in [4.69, 9.17) is 10.8 Å². The van der Waals surface area contributed by atoms with Crippen molar-refractivity contribution in [2.75, 3.05) is 5.73 Å². The molecule has 0 aromatic heterocycles. The minimum atomic E-state index is 0.322. The maximum absolute atomic E-state index is 8.63. The molecule has 4 rings (SSSR count). The van der Waals surface area contributed by atoms with Crippen molar-refractivity contribution >= 4 is 5.69 Å². The van der Waals surface area contributed by atoms with Crippen molar-refractivity contribution in [1.82, 2.24) is 0 Å². The lowest BCUT2D eigenvalue weighted by molar-refractivity contribution is 0.475. The van der Waals surface area contributed by atoms with Crippen molar-refractivity contribution in [2.24, 2.45) is 0 Å². The van der Waals surface area contributed by atoms with Gasteiger partial charge in [0.1, 0.15) is 5.75 Å². The van der Waals surface area contributed by atoms with E-state index >= 15 is 0 Å². The highest BCUT2D eigenvalue weighted by molar-refractivity contribution is 5.62. The van der Waals surface area contributed by atoms with Crippen LogP contribution in [0.3, 0.4) is 0 Å². The van der Waals surface area contributed by atoms with Crippen molar-refractivity contribution in [2.45, 2.75) is 0 Å².